The number of hydrogen-bond donors (Lipinski definition) is 1. The van der Waals surface area contributed by atoms with Crippen molar-refractivity contribution in [3.05, 3.63) is 58.3 Å². The van der Waals surface area contributed by atoms with Crippen LogP contribution in [0.25, 0.3) is 0 Å². The first-order valence-corrected chi connectivity index (χ1v) is 7.34. The minimum absolute atomic E-state index is 0.214. The van der Waals surface area contributed by atoms with Crippen LogP contribution in [-0.2, 0) is 0 Å². The van der Waals surface area contributed by atoms with Crippen molar-refractivity contribution in [1.82, 2.24) is 5.32 Å². The Morgan fingerprint density at radius 2 is 2.00 bits per heavy atom. The lowest BCUT2D eigenvalue weighted by molar-refractivity contribution is 0.454. The minimum Gasteiger partial charge on any atom is -0.457 e. The summed E-state index contributed by atoms with van der Waals surface area (Å²) < 4.78 is 19.8. The second kappa shape index (κ2) is 6.86. The summed E-state index contributed by atoms with van der Waals surface area (Å²) in [4.78, 5) is 0. The molecule has 1 atom stereocenters. The number of para-hydroxylation sites is 1. The van der Waals surface area contributed by atoms with Gasteiger partial charge < -0.3 is 10.1 Å². The lowest BCUT2D eigenvalue weighted by Crippen LogP contribution is -2.15. The van der Waals surface area contributed by atoms with Crippen LogP contribution in [0.2, 0.25) is 0 Å². The van der Waals surface area contributed by atoms with Gasteiger partial charge >= 0.3 is 0 Å². The maximum atomic E-state index is 13.5. The molecule has 1 N–H and O–H groups in total. The normalized spacial score (nSPS) is 12.2. The average Bonchev–Trinajstić information content (AvgIpc) is 2.46. The van der Waals surface area contributed by atoms with Gasteiger partial charge in [0, 0.05) is 17.7 Å². The quantitative estimate of drug-likeness (QED) is 0.824. The second-order valence-corrected chi connectivity index (χ2v) is 5.32. The fourth-order valence-electron chi connectivity index (χ4n) is 2.11. The zero-order valence-electron chi connectivity index (χ0n) is 11.5. The van der Waals surface area contributed by atoms with E-state index in [9.17, 15) is 4.39 Å². The molecule has 2 aromatic rings. The van der Waals surface area contributed by atoms with Crippen LogP contribution in [0.3, 0.4) is 0 Å². The van der Waals surface area contributed by atoms with Crippen molar-refractivity contribution >= 4 is 15.9 Å². The van der Waals surface area contributed by atoms with Gasteiger partial charge in [0.05, 0.1) is 4.47 Å². The van der Waals surface area contributed by atoms with E-state index in [4.69, 9.17) is 4.74 Å². The van der Waals surface area contributed by atoms with Crippen molar-refractivity contribution in [1.29, 1.82) is 0 Å². The molecule has 0 fully saturated rings. The van der Waals surface area contributed by atoms with Crippen molar-refractivity contribution in [2.24, 2.45) is 0 Å². The molecule has 0 spiro atoms. The fraction of sp³-hybridized carbons (Fsp3) is 0.250. The summed E-state index contributed by atoms with van der Waals surface area (Å²) in [6.45, 7) is 2.11. The topological polar surface area (TPSA) is 21.3 Å². The molecule has 0 aliphatic rings. The van der Waals surface area contributed by atoms with E-state index in [0.29, 0.717) is 10.2 Å². The molecule has 0 aromatic heterocycles. The van der Waals surface area contributed by atoms with Crippen LogP contribution in [0, 0.1) is 5.82 Å². The first-order chi connectivity index (χ1) is 9.65. The first-order valence-electron chi connectivity index (χ1n) is 6.54. The van der Waals surface area contributed by atoms with E-state index >= 15 is 0 Å². The largest absolute Gasteiger partial charge is 0.457 e. The summed E-state index contributed by atoms with van der Waals surface area (Å²) in [5, 5.41) is 3.25. The van der Waals surface area contributed by atoms with Crippen molar-refractivity contribution in [2.45, 2.75) is 19.4 Å². The summed E-state index contributed by atoms with van der Waals surface area (Å²) in [6.07, 6.45) is 0.950. The highest BCUT2D eigenvalue weighted by Crippen LogP contribution is 2.32. The summed E-state index contributed by atoms with van der Waals surface area (Å²) in [6, 6.07) is 12.8. The molecule has 0 aliphatic heterocycles. The Hall–Kier alpha value is -1.39. The Balaban J connectivity index is 2.31. The van der Waals surface area contributed by atoms with Crippen LogP contribution in [0.4, 0.5) is 4.39 Å². The zero-order valence-corrected chi connectivity index (χ0v) is 13.1. The molecule has 20 heavy (non-hydrogen) atoms. The molecule has 106 valence electrons. The molecule has 0 bridgehead atoms. The zero-order chi connectivity index (χ0) is 14.5. The Morgan fingerprint density at radius 1 is 1.25 bits per heavy atom. The van der Waals surface area contributed by atoms with Crippen molar-refractivity contribution in [3.8, 4) is 11.5 Å². The van der Waals surface area contributed by atoms with Gasteiger partial charge in [-0.3, -0.25) is 0 Å². The second-order valence-electron chi connectivity index (χ2n) is 4.47. The summed E-state index contributed by atoms with van der Waals surface area (Å²) >= 11 is 3.13. The van der Waals surface area contributed by atoms with Crippen molar-refractivity contribution in [3.63, 3.8) is 0 Å². The first kappa shape index (κ1) is 15.0. The van der Waals surface area contributed by atoms with Gasteiger partial charge in [0.15, 0.2) is 0 Å². The molecule has 0 amide bonds. The number of ether oxygens (including phenoxy) is 1. The Labute approximate surface area is 127 Å². The Morgan fingerprint density at radius 3 is 2.65 bits per heavy atom. The van der Waals surface area contributed by atoms with Crippen LogP contribution in [0.5, 0.6) is 11.5 Å². The van der Waals surface area contributed by atoms with Gasteiger partial charge in [-0.1, -0.05) is 25.1 Å². The molecule has 0 radical (unpaired) electrons. The fourth-order valence-corrected chi connectivity index (χ4v) is 2.35. The van der Waals surface area contributed by atoms with Gasteiger partial charge in [-0.05, 0) is 47.6 Å². The third-order valence-electron chi connectivity index (χ3n) is 3.17. The molecule has 0 saturated heterocycles. The SMILES string of the molecule is CCC(NC)c1ccccc1Oc1ccc(Br)c(F)c1. The van der Waals surface area contributed by atoms with E-state index in [-0.39, 0.29) is 11.9 Å². The van der Waals surface area contributed by atoms with Gasteiger partial charge in [-0.15, -0.1) is 0 Å². The molecule has 1 unspecified atom stereocenters. The van der Waals surface area contributed by atoms with E-state index in [1.807, 2.05) is 31.3 Å². The van der Waals surface area contributed by atoms with Crippen LogP contribution in [0.15, 0.2) is 46.9 Å². The predicted octanol–water partition coefficient (Wildman–Crippen LogP) is 5.05. The van der Waals surface area contributed by atoms with Crippen LogP contribution in [0.1, 0.15) is 24.9 Å². The monoisotopic (exact) mass is 337 g/mol. The van der Waals surface area contributed by atoms with E-state index in [2.05, 4.69) is 28.2 Å². The summed E-state index contributed by atoms with van der Waals surface area (Å²) in [7, 11) is 1.92. The molecule has 0 heterocycles. The smallest absolute Gasteiger partial charge is 0.141 e. The number of benzene rings is 2. The molecular formula is C16H17BrFNO. The van der Waals surface area contributed by atoms with Crippen molar-refractivity contribution < 1.29 is 9.13 Å². The van der Waals surface area contributed by atoms with E-state index in [0.717, 1.165) is 17.7 Å². The number of rotatable bonds is 5. The van der Waals surface area contributed by atoms with Gasteiger partial charge in [0.25, 0.3) is 0 Å². The standard InChI is InChI=1S/C16H17BrFNO/c1-3-15(19-2)12-6-4-5-7-16(12)20-11-8-9-13(17)14(18)10-11/h4-10,15,19H,3H2,1-2H3. The number of nitrogens with one attached hydrogen (secondary N) is 1. The third kappa shape index (κ3) is 3.38. The molecule has 2 rings (SSSR count). The highest BCUT2D eigenvalue weighted by atomic mass is 79.9. The maximum absolute atomic E-state index is 13.5. The molecule has 0 aliphatic carbocycles. The lowest BCUT2D eigenvalue weighted by atomic mass is 10.0. The van der Waals surface area contributed by atoms with E-state index in [1.54, 1.807) is 12.1 Å². The predicted molar refractivity (Wildman–Crippen MR) is 82.7 cm³/mol. The van der Waals surface area contributed by atoms with E-state index in [1.165, 1.54) is 6.07 Å². The van der Waals surface area contributed by atoms with Gasteiger partial charge in [-0.2, -0.15) is 0 Å². The van der Waals surface area contributed by atoms with Gasteiger partial charge in [-0.25, -0.2) is 4.39 Å². The minimum atomic E-state index is -0.333. The lowest BCUT2D eigenvalue weighted by Gasteiger charge is -2.18. The highest BCUT2D eigenvalue weighted by Gasteiger charge is 2.13. The molecule has 2 nitrogen and oxygen atoms in total. The highest BCUT2D eigenvalue weighted by molar-refractivity contribution is 9.10. The summed E-state index contributed by atoms with van der Waals surface area (Å²) in [5.74, 6) is 0.903. The average molecular weight is 338 g/mol. The van der Waals surface area contributed by atoms with Crippen LogP contribution < -0.4 is 10.1 Å². The molecule has 2 aromatic carbocycles. The van der Waals surface area contributed by atoms with Crippen molar-refractivity contribution in [2.75, 3.05) is 7.05 Å². The Kier molecular flexibility index (Phi) is 5.15. The third-order valence-corrected chi connectivity index (χ3v) is 3.81. The number of halogens is 2. The molecular weight excluding hydrogens is 321 g/mol. The molecule has 0 saturated carbocycles. The van der Waals surface area contributed by atoms with Crippen LogP contribution >= 0.6 is 15.9 Å². The van der Waals surface area contributed by atoms with E-state index < -0.39 is 0 Å². The maximum Gasteiger partial charge on any atom is 0.141 e. The molecule has 4 heteroatoms. The summed E-state index contributed by atoms with van der Waals surface area (Å²) in [5.41, 5.74) is 1.07. The number of hydrogen-bond acceptors (Lipinski definition) is 2. The van der Waals surface area contributed by atoms with Gasteiger partial charge in [0.2, 0.25) is 0 Å². The van der Waals surface area contributed by atoms with Gasteiger partial charge in [0.1, 0.15) is 17.3 Å². The Bertz CT molecular complexity index is 584. The van der Waals surface area contributed by atoms with Crippen LogP contribution in [-0.4, -0.2) is 7.05 Å².